The zero-order valence-corrected chi connectivity index (χ0v) is 17.8. The summed E-state index contributed by atoms with van der Waals surface area (Å²) in [6.07, 6.45) is -7.35. The van der Waals surface area contributed by atoms with E-state index in [-0.39, 0.29) is 21.4 Å². The molecule has 2 heterocycles. The van der Waals surface area contributed by atoms with Crippen LogP contribution < -0.4 is 15.5 Å². The normalized spacial score (nSPS) is 21.6. The average Bonchev–Trinajstić information content (AvgIpc) is 3.03. The van der Waals surface area contributed by atoms with Crippen LogP contribution in [0.1, 0.15) is 23.7 Å². The quantitative estimate of drug-likeness (QED) is 0.467. The van der Waals surface area contributed by atoms with E-state index in [1.807, 2.05) is 0 Å². The summed E-state index contributed by atoms with van der Waals surface area (Å²) in [4.78, 5) is 1.61. The van der Waals surface area contributed by atoms with Crippen molar-refractivity contribution in [3.8, 4) is 0 Å². The molecule has 0 aromatic heterocycles. The molecule has 0 spiro atoms. The Labute approximate surface area is 189 Å². The van der Waals surface area contributed by atoms with Gasteiger partial charge < -0.3 is 15.0 Å². The number of nitrogens with zero attached hydrogens (tertiary/aromatic N) is 1. The van der Waals surface area contributed by atoms with E-state index >= 15 is 0 Å². The van der Waals surface area contributed by atoms with Crippen LogP contribution in [0.4, 0.5) is 33.3 Å². The maximum absolute atomic E-state index is 13.7. The standard InChI is InChI=1S/C19H15Cl3F5N3O/c20-9-2-4-11(13(22)8-9)19-28-6-1-7-30(19)15-10(3-5-12(21)14(15)29-19)16(18(25,26)27)31-17(23)24/h2-5,8,16-17,28-29H,1,6-7H2. The number of nitrogens with one attached hydrogen (secondary N) is 2. The number of ether oxygens (including phenoxy) is 1. The van der Waals surface area contributed by atoms with E-state index in [2.05, 4.69) is 15.4 Å². The fraction of sp³-hybridized carbons (Fsp3) is 0.368. The molecule has 2 aliphatic rings. The molecule has 1 fully saturated rings. The molecule has 0 amide bonds. The summed E-state index contributed by atoms with van der Waals surface area (Å²) in [6.45, 7) is -2.81. The molecule has 0 saturated carbocycles. The predicted molar refractivity (Wildman–Crippen MR) is 109 cm³/mol. The summed E-state index contributed by atoms with van der Waals surface area (Å²) < 4.78 is 70.9. The Morgan fingerprint density at radius 2 is 1.81 bits per heavy atom. The number of alkyl halides is 5. The molecule has 4 nitrogen and oxygen atoms in total. The van der Waals surface area contributed by atoms with Gasteiger partial charge in [0, 0.05) is 29.2 Å². The van der Waals surface area contributed by atoms with Gasteiger partial charge in [0.2, 0.25) is 0 Å². The first-order chi connectivity index (χ1) is 14.5. The van der Waals surface area contributed by atoms with Crippen molar-refractivity contribution in [1.29, 1.82) is 0 Å². The van der Waals surface area contributed by atoms with Gasteiger partial charge in [0.25, 0.3) is 0 Å². The van der Waals surface area contributed by atoms with Gasteiger partial charge in [-0.25, -0.2) is 0 Å². The van der Waals surface area contributed by atoms with Crippen LogP contribution in [0, 0.1) is 0 Å². The maximum Gasteiger partial charge on any atom is 0.419 e. The number of rotatable bonds is 4. The lowest BCUT2D eigenvalue weighted by atomic mass is 10.0. The van der Waals surface area contributed by atoms with Gasteiger partial charge in [0.1, 0.15) is 0 Å². The molecule has 12 heteroatoms. The van der Waals surface area contributed by atoms with Crippen LogP contribution in [-0.2, 0) is 10.5 Å². The number of halogens is 8. The van der Waals surface area contributed by atoms with Gasteiger partial charge in [0.15, 0.2) is 11.9 Å². The zero-order chi connectivity index (χ0) is 22.6. The third-order valence-corrected chi connectivity index (χ3v) is 6.08. The van der Waals surface area contributed by atoms with Gasteiger partial charge in [-0.3, -0.25) is 5.32 Å². The van der Waals surface area contributed by atoms with Crippen molar-refractivity contribution >= 4 is 46.2 Å². The third-order valence-electron chi connectivity index (χ3n) is 5.22. The molecule has 168 valence electrons. The van der Waals surface area contributed by atoms with Crippen LogP contribution >= 0.6 is 34.8 Å². The minimum absolute atomic E-state index is 0.0219. The van der Waals surface area contributed by atoms with E-state index in [0.717, 1.165) is 6.07 Å². The lowest BCUT2D eigenvalue weighted by Crippen LogP contribution is -2.62. The molecule has 0 radical (unpaired) electrons. The van der Waals surface area contributed by atoms with Crippen molar-refractivity contribution in [3.63, 3.8) is 0 Å². The Balaban J connectivity index is 1.92. The molecular weight excluding hydrogens is 488 g/mol. The Hall–Kier alpha value is -1.52. The van der Waals surface area contributed by atoms with Crippen molar-refractivity contribution in [2.24, 2.45) is 0 Å². The topological polar surface area (TPSA) is 36.5 Å². The Morgan fingerprint density at radius 3 is 2.45 bits per heavy atom. The summed E-state index contributed by atoms with van der Waals surface area (Å²) in [5, 5.41) is 7.16. The van der Waals surface area contributed by atoms with E-state index in [9.17, 15) is 22.0 Å². The largest absolute Gasteiger partial charge is 0.419 e. The van der Waals surface area contributed by atoms with Crippen molar-refractivity contribution in [1.82, 2.24) is 5.32 Å². The summed E-state index contributed by atoms with van der Waals surface area (Å²) in [6, 6.07) is 7.01. The van der Waals surface area contributed by atoms with Crippen LogP contribution in [0.5, 0.6) is 0 Å². The van der Waals surface area contributed by atoms with E-state index in [1.165, 1.54) is 12.1 Å². The second-order valence-corrected chi connectivity index (χ2v) is 8.32. The first kappa shape index (κ1) is 22.7. The van der Waals surface area contributed by atoms with Gasteiger partial charge in [-0.1, -0.05) is 46.9 Å². The highest BCUT2D eigenvalue weighted by atomic mass is 35.5. The minimum Gasteiger partial charge on any atom is -0.343 e. The number of fused-ring (bicyclic) bond motifs is 3. The van der Waals surface area contributed by atoms with Crippen LogP contribution in [-0.4, -0.2) is 25.9 Å². The van der Waals surface area contributed by atoms with E-state index < -0.39 is 30.2 Å². The first-order valence-electron chi connectivity index (χ1n) is 9.13. The van der Waals surface area contributed by atoms with Crippen molar-refractivity contribution < 1.29 is 26.7 Å². The molecule has 1 saturated heterocycles. The second-order valence-electron chi connectivity index (χ2n) is 7.07. The molecule has 2 N–H and O–H groups in total. The zero-order valence-electron chi connectivity index (χ0n) is 15.5. The van der Waals surface area contributed by atoms with Crippen LogP contribution in [0.3, 0.4) is 0 Å². The number of anilines is 2. The highest BCUT2D eigenvalue weighted by molar-refractivity contribution is 6.35. The summed E-state index contributed by atoms with van der Waals surface area (Å²) in [5.41, 5.74) is 0.200. The minimum atomic E-state index is -5.08. The highest BCUT2D eigenvalue weighted by Crippen LogP contribution is 2.54. The van der Waals surface area contributed by atoms with Gasteiger partial charge in [-0.2, -0.15) is 22.0 Å². The van der Waals surface area contributed by atoms with E-state index in [4.69, 9.17) is 34.8 Å². The molecule has 0 aliphatic carbocycles. The maximum atomic E-state index is 13.7. The number of hydrogen-bond donors (Lipinski definition) is 2. The molecule has 2 aromatic rings. The molecular formula is C19H15Cl3F5N3O. The molecule has 0 bridgehead atoms. The lowest BCUT2D eigenvalue weighted by Gasteiger charge is -2.45. The molecule has 2 unspecified atom stereocenters. The SMILES string of the molecule is FC(F)OC(c1ccc(Cl)c2c1N1CCCNC1(c1ccc(Cl)cc1Cl)N2)C(F)(F)F. The predicted octanol–water partition coefficient (Wildman–Crippen LogP) is 6.53. The molecule has 31 heavy (non-hydrogen) atoms. The molecule has 2 aromatic carbocycles. The molecule has 2 atom stereocenters. The van der Waals surface area contributed by atoms with Gasteiger partial charge >= 0.3 is 12.8 Å². The second kappa shape index (κ2) is 8.12. The van der Waals surface area contributed by atoms with Crippen LogP contribution in [0.25, 0.3) is 0 Å². The van der Waals surface area contributed by atoms with Crippen LogP contribution in [0.2, 0.25) is 15.1 Å². The Morgan fingerprint density at radius 1 is 1.06 bits per heavy atom. The van der Waals surface area contributed by atoms with Gasteiger partial charge in [-0.05, 0) is 24.6 Å². The first-order valence-corrected chi connectivity index (χ1v) is 10.3. The smallest absolute Gasteiger partial charge is 0.343 e. The van der Waals surface area contributed by atoms with Gasteiger partial charge in [-0.15, -0.1) is 0 Å². The summed E-state index contributed by atoms with van der Waals surface area (Å²) in [5.74, 6) is -1.25. The van der Waals surface area contributed by atoms with Gasteiger partial charge in [0.05, 0.1) is 21.4 Å². The van der Waals surface area contributed by atoms with Crippen molar-refractivity contribution in [2.75, 3.05) is 23.3 Å². The average molecular weight is 503 g/mol. The monoisotopic (exact) mass is 501 g/mol. The Kier molecular flexibility index (Phi) is 5.93. The van der Waals surface area contributed by atoms with Crippen LogP contribution in [0.15, 0.2) is 30.3 Å². The molecule has 4 rings (SSSR count). The van der Waals surface area contributed by atoms with E-state index in [0.29, 0.717) is 30.1 Å². The van der Waals surface area contributed by atoms with Crippen molar-refractivity contribution in [2.45, 2.75) is 31.1 Å². The van der Waals surface area contributed by atoms with E-state index in [1.54, 1.807) is 17.0 Å². The fourth-order valence-electron chi connectivity index (χ4n) is 4.07. The van der Waals surface area contributed by atoms with Crippen molar-refractivity contribution in [3.05, 3.63) is 56.5 Å². The molecule has 2 aliphatic heterocycles. The Bertz CT molecular complexity index is 1010. The third kappa shape index (κ3) is 3.91. The number of benzene rings is 2. The highest BCUT2D eigenvalue weighted by Gasteiger charge is 2.53. The lowest BCUT2D eigenvalue weighted by molar-refractivity contribution is -0.277. The summed E-state index contributed by atoms with van der Waals surface area (Å²) in [7, 11) is 0. The summed E-state index contributed by atoms with van der Waals surface area (Å²) >= 11 is 18.7. The fourth-order valence-corrected chi connectivity index (χ4v) is 4.81. The number of hydrogen-bond acceptors (Lipinski definition) is 4.